The van der Waals surface area contributed by atoms with Gasteiger partial charge in [-0.1, -0.05) is 54.1 Å². The maximum absolute atomic E-state index is 9.39. The first-order chi connectivity index (χ1) is 8.58. The molecule has 0 aliphatic heterocycles. The summed E-state index contributed by atoms with van der Waals surface area (Å²) in [6.45, 7) is 5.96. The minimum Gasteiger partial charge on any atom is -0.251 e. The van der Waals surface area contributed by atoms with Gasteiger partial charge in [0.25, 0.3) is 0 Å². The average molecular weight is 242 g/mol. The number of rotatable bonds is 3. The zero-order valence-electron chi connectivity index (χ0n) is 11.0. The van der Waals surface area contributed by atoms with E-state index in [2.05, 4.69) is 13.0 Å². The summed E-state index contributed by atoms with van der Waals surface area (Å²) in [5, 5.41) is 9.39. The lowest BCUT2D eigenvalue weighted by atomic mass is 9.85. The van der Waals surface area contributed by atoms with Gasteiger partial charge in [-0.2, -0.15) is 0 Å². The van der Waals surface area contributed by atoms with Crippen LogP contribution in [0, 0.1) is 13.8 Å². The molecule has 0 aliphatic rings. The molecule has 2 heteroatoms. The van der Waals surface area contributed by atoms with Gasteiger partial charge in [0, 0.05) is 0 Å². The Morgan fingerprint density at radius 2 is 1.67 bits per heavy atom. The van der Waals surface area contributed by atoms with Crippen LogP contribution in [0.5, 0.6) is 0 Å². The molecule has 1 atom stereocenters. The van der Waals surface area contributed by atoms with Crippen molar-refractivity contribution in [3.8, 4) is 0 Å². The summed E-state index contributed by atoms with van der Waals surface area (Å²) in [6.07, 6.45) is 0. The van der Waals surface area contributed by atoms with Crippen LogP contribution in [0.1, 0.15) is 29.2 Å². The predicted molar refractivity (Wildman–Crippen MR) is 72.5 cm³/mol. The van der Waals surface area contributed by atoms with Crippen LogP contribution in [0.15, 0.2) is 48.5 Å². The lowest BCUT2D eigenvalue weighted by Gasteiger charge is -2.28. The van der Waals surface area contributed by atoms with Crippen molar-refractivity contribution >= 4 is 0 Å². The van der Waals surface area contributed by atoms with Crippen molar-refractivity contribution in [2.45, 2.75) is 26.4 Å². The van der Waals surface area contributed by atoms with E-state index in [4.69, 9.17) is 4.89 Å². The smallest absolute Gasteiger partial charge is 0.151 e. The minimum atomic E-state index is -0.834. The summed E-state index contributed by atoms with van der Waals surface area (Å²) >= 11 is 0. The van der Waals surface area contributed by atoms with E-state index in [9.17, 15) is 5.26 Å². The van der Waals surface area contributed by atoms with Crippen LogP contribution in [-0.2, 0) is 10.5 Å². The van der Waals surface area contributed by atoms with Gasteiger partial charge in [0.05, 0.1) is 0 Å². The van der Waals surface area contributed by atoms with E-state index in [-0.39, 0.29) is 0 Å². The topological polar surface area (TPSA) is 29.5 Å². The zero-order valence-corrected chi connectivity index (χ0v) is 11.0. The molecule has 0 aliphatic carbocycles. The average Bonchev–Trinajstić information content (AvgIpc) is 2.39. The van der Waals surface area contributed by atoms with E-state index in [0.29, 0.717) is 0 Å². The molecule has 0 radical (unpaired) electrons. The highest BCUT2D eigenvalue weighted by atomic mass is 17.1. The second-order valence-corrected chi connectivity index (χ2v) is 4.81. The molecular formula is C16H18O2. The summed E-state index contributed by atoms with van der Waals surface area (Å²) in [5.41, 5.74) is 3.38. The molecule has 0 bridgehead atoms. The summed E-state index contributed by atoms with van der Waals surface area (Å²) in [7, 11) is 0. The third-order valence-electron chi connectivity index (χ3n) is 3.40. The van der Waals surface area contributed by atoms with E-state index in [1.165, 1.54) is 5.56 Å². The fourth-order valence-electron chi connectivity index (χ4n) is 2.36. The number of hydrogen-bond donors (Lipinski definition) is 1. The molecular weight excluding hydrogens is 224 g/mol. The van der Waals surface area contributed by atoms with Crippen LogP contribution in [0.4, 0.5) is 0 Å². The highest BCUT2D eigenvalue weighted by Gasteiger charge is 2.31. The van der Waals surface area contributed by atoms with E-state index in [1.807, 2.05) is 56.3 Å². The van der Waals surface area contributed by atoms with Gasteiger partial charge >= 0.3 is 0 Å². The third kappa shape index (κ3) is 2.17. The monoisotopic (exact) mass is 242 g/mol. The second kappa shape index (κ2) is 4.92. The first-order valence-corrected chi connectivity index (χ1v) is 6.04. The fraction of sp³-hybridized carbons (Fsp3) is 0.250. The van der Waals surface area contributed by atoms with Gasteiger partial charge in [-0.05, 0) is 37.5 Å². The highest BCUT2D eigenvalue weighted by Crippen LogP contribution is 2.34. The fourth-order valence-corrected chi connectivity index (χ4v) is 2.36. The van der Waals surface area contributed by atoms with Crippen LogP contribution in [0.25, 0.3) is 0 Å². The Labute approximate surface area is 108 Å². The van der Waals surface area contributed by atoms with E-state index < -0.39 is 5.60 Å². The van der Waals surface area contributed by atoms with E-state index in [0.717, 1.165) is 16.7 Å². The highest BCUT2D eigenvalue weighted by molar-refractivity contribution is 5.41. The van der Waals surface area contributed by atoms with Crippen molar-refractivity contribution in [1.82, 2.24) is 0 Å². The van der Waals surface area contributed by atoms with Crippen LogP contribution in [-0.4, -0.2) is 5.26 Å². The molecule has 1 N–H and O–H groups in total. The van der Waals surface area contributed by atoms with Gasteiger partial charge in [0.15, 0.2) is 5.60 Å². The maximum Gasteiger partial charge on any atom is 0.151 e. The molecule has 94 valence electrons. The summed E-state index contributed by atoms with van der Waals surface area (Å²) in [4.78, 5) is 4.83. The lowest BCUT2D eigenvalue weighted by molar-refractivity contribution is -0.310. The molecule has 2 rings (SSSR count). The molecule has 0 saturated carbocycles. The Kier molecular flexibility index (Phi) is 3.50. The Bertz CT molecular complexity index is 534. The van der Waals surface area contributed by atoms with Gasteiger partial charge < -0.3 is 0 Å². The molecule has 1 unspecified atom stereocenters. The summed E-state index contributed by atoms with van der Waals surface area (Å²) in [5.74, 6) is 0. The Morgan fingerprint density at radius 1 is 1.00 bits per heavy atom. The molecule has 0 fully saturated rings. The standard InChI is InChI=1S/C16H18O2/c1-12-9-10-15(13(2)11-12)16(3,18-17)14-7-5-4-6-8-14/h4-11,17H,1-3H3. The molecule has 2 nitrogen and oxygen atoms in total. The Hall–Kier alpha value is -1.64. The molecule has 0 saturated heterocycles. The minimum absolute atomic E-state index is 0.834. The molecule has 0 aromatic heterocycles. The SMILES string of the molecule is Cc1ccc(C(C)(OO)c2ccccc2)c(C)c1. The lowest BCUT2D eigenvalue weighted by Crippen LogP contribution is -2.27. The maximum atomic E-state index is 9.39. The zero-order chi connectivity index (χ0) is 13.2. The third-order valence-corrected chi connectivity index (χ3v) is 3.40. The van der Waals surface area contributed by atoms with Crippen molar-refractivity contribution in [1.29, 1.82) is 0 Å². The van der Waals surface area contributed by atoms with E-state index >= 15 is 0 Å². The van der Waals surface area contributed by atoms with Crippen LogP contribution >= 0.6 is 0 Å². The number of aryl methyl sites for hydroxylation is 2. The van der Waals surface area contributed by atoms with Crippen molar-refractivity contribution in [2.75, 3.05) is 0 Å². The van der Waals surface area contributed by atoms with Gasteiger partial charge in [-0.25, -0.2) is 4.89 Å². The van der Waals surface area contributed by atoms with Gasteiger partial charge in [-0.3, -0.25) is 5.26 Å². The van der Waals surface area contributed by atoms with Crippen molar-refractivity contribution in [3.05, 3.63) is 70.8 Å². The Morgan fingerprint density at radius 3 is 2.22 bits per heavy atom. The molecule has 0 spiro atoms. The molecule has 0 amide bonds. The molecule has 2 aromatic carbocycles. The van der Waals surface area contributed by atoms with Gasteiger partial charge in [-0.15, -0.1) is 0 Å². The van der Waals surface area contributed by atoms with Crippen LogP contribution in [0.2, 0.25) is 0 Å². The summed E-state index contributed by atoms with van der Waals surface area (Å²) < 4.78 is 0. The largest absolute Gasteiger partial charge is 0.251 e. The summed E-state index contributed by atoms with van der Waals surface area (Å²) in [6, 6.07) is 15.9. The number of hydrogen-bond acceptors (Lipinski definition) is 2. The normalized spacial score (nSPS) is 14.2. The molecule has 18 heavy (non-hydrogen) atoms. The quantitative estimate of drug-likeness (QED) is 0.649. The van der Waals surface area contributed by atoms with E-state index in [1.54, 1.807) is 0 Å². The predicted octanol–water partition coefficient (Wildman–Crippen LogP) is 4.06. The van der Waals surface area contributed by atoms with Crippen molar-refractivity contribution in [3.63, 3.8) is 0 Å². The first-order valence-electron chi connectivity index (χ1n) is 6.04. The Balaban J connectivity index is 2.57. The molecule has 0 heterocycles. The van der Waals surface area contributed by atoms with Crippen LogP contribution in [0.3, 0.4) is 0 Å². The van der Waals surface area contributed by atoms with Crippen molar-refractivity contribution < 1.29 is 10.1 Å². The first kappa shape index (κ1) is 12.8. The second-order valence-electron chi connectivity index (χ2n) is 4.81. The number of benzene rings is 2. The molecule has 2 aromatic rings. The van der Waals surface area contributed by atoms with Gasteiger partial charge in [0.2, 0.25) is 0 Å². The van der Waals surface area contributed by atoms with Gasteiger partial charge in [0.1, 0.15) is 0 Å². The van der Waals surface area contributed by atoms with Crippen LogP contribution < -0.4 is 0 Å². The van der Waals surface area contributed by atoms with Crippen molar-refractivity contribution in [2.24, 2.45) is 0 Å².